The molecule has 0 spiro atoms. The van der Waals surface area contributed by atoms with Crippen LogP contribution in [0.5, 0.6) is 0 Å². The third-order valence-corrected chi connectivity index (χ3v) is 6.07. The maximum Gasteiger partial charge on any atom is 0.353 e. The van der Waals surface area contributed by atoms with E-state index in [1.54, 1.807) is 13.0 Å². The van der Waals surface area contributed by atoms with E-state index < -0.39 is 4.92 Å². The Bertz CT molecular complexity index is 1250. The van der Waals surface area contributed by atoms with E-state index in [9.17, 15) is 10.1 Å². The van der Waals surface area contributed by atoms with Crippen LogP contribution in [0.4, 0.5) is 23.1 Å². The van der Waals surface area contributed by atoms with E-state index in [2.05, 4.69) is 73.9 Å². The maximum absolute atomic E-state index is 12.0. The molecule has 0 aliphatic carbocycles. The summed E-state index contributed by atoms with van der Waals surface area (Å²) in [6, 6.07) is 22.6. The number of benzene rings is 2. The molecule has 0 bridgehead atoms. The first-order valence-corrected chi connectivity index (χ1v) is 11.4. The summed E-state index contributed by atoms with van der Waals surface area (Å²) in [5, 5.41) is 18.8. The topological polar surface area (TPSA) is 113 Å². The SMILES string of the molecule is Cc1cc(Nc2ncnc(N3CCN(C(c4ccccc4)c4ccccc4)CC3)c2[N+](=O)[O-])no1. The largest absolute Gasteiger partial charge is 0.360 e. The van der Waals surface area contributed by atoms with E-state index in [4.69, 9.17) is 4.52 Å². The molecule has 0 radical (unpaired) electrons. The molecule has 5 rings (SSSR count). The summed E-state index contributed by atoms with van der Waals surface area (Å²) in [6.07, 6.45) is 1.33. The average molecular weight is 472 g/mol. The number of nitrogens with one attached hydrogen (secondary N) is 1. The van der Waals surface area contributed by atoms with Gasteiger partial charge in [0.15, 0.2) is 5.82 Å². The van der Waals surface area contributed by atoms with Crippen LogP contribution in [0.3, 0.4) is 0 Å². The molecule has 178 valence electrons. The highest BCUT2D eigenvalue weighted by atomic mass is 16.6. The van der Waals surface area contributed by atoms with Crippen LogP contribution in [0.1, 0.15) is 22.9 Å². The van der Waals surface area contributed by atoms with Crippen molar-refractivity contribution in [3.8, 4) is 0 Å². The Morgan fingerprint density at radius 3 is 2.14 bits per heavy atom. The van der Waals surface area contributed by atoms with Gasteiger partial charge in [-0.25, -0.2) is 9.97 Å². The van der Waals surface area contributed by atoms with Crippen molar-refractivity contribution < 1.29 is 9.45 Å². The molecule has 1 fully saturated rings. The summed E-state index contributed by atoms with van der Waals surface area (Å²) >= 11 is 0. The van der Waals surface area contributed by atoms with Gasteiger partial charge in [0.05, 0.1) is 11.0 Å². The second-order valence-electron chi connectivity index (χ2n) is 8.35. The van der Waals surface area contributed by atoms with Crippen LogP contribution in [-0.4, -0.2) is 51.1 Å². The second-order valence-corrected chi connectivity index (χ2v) is 8.35. The minimum Gasteiger partial charge on any atom is -0.360 e. The molecule has 0 saturated carbocycles. The number of hydrogen-bond donors (Lipinski definition) is 1. The lowest BCUT2D eigenvalue weighted by molar-refractivity contribution is -0.383. The van der Waals surface area contributed by atoms with E-state index in [-0.39, 0.29) is 17.5 Å². The van der Waals surface area contributed by atoms with Crippen molar-refractivity contribution in [1.82, 2.24) is 20.0 Å². The second kappa shape index (κ2) is 9.90. The Morgan fingerprint density at radius 1 is 0.971 bits per heavy atom. The van der Waals surface area contributed by atoms with Crippen LogP contribution in [0.25, 0.3) is 0 Å². The summed E-state index contributed by atoms with van der Waals surface area (Å²) in [7, 11) is 0. The lowest BCUT2D eigenvalue weighted by Crippen LogP contribution is -2.48. The molecule has 10 nitrogen and oxygen atoms in total. The van der Waals surface area contributed by atoms with Crippen LogP contribution in [0.15, 0.2) is 77.6 Å². The molecule has 0 amide bonds. The zero-order chi connectivity index (χ0) is 24.2. The van der Waals surface area contributed by atoms with Crippen LogP contribution >= 0.6 is 0 Å². The number of nitro groups is 1. The number of aromatic nitrogens is 3. The minimum atomic E-state index is -0.451. The van der Waals surface area contributed by atoms with E-state index in [0.29, 0.717) is 30.5 Å². The minimum absolute atomic E-state index is 0.0853. The van der Waals surface area contributed by atoms with Crippen molar-refractivity contribution in [1.29, 1.82) is 0 Å². The van der Waals surface area contributed by atoms with Crippen molar-refractivity contribution in [3.05, 3.63) is 100 Å². The van der Waals surface area contributed by atoms with Crippen molar-refractivity contribution in [3.63, 3.8) is 0 Å². The fourth-order valence-electron chi connectivity index (χ4n) is 4.48. The summed E-state index contributed by atoms with van der Waals surface area (Å²) in [4.78, 5) is 24.3. The molecule has 10 heteroatoms. The molecule has 1 aliphatic rings. The normalized spacial score (nSPS) is 14.3. The summed E-state index contributed by atoms with van der Waals surface area (Å²) in [5.41, 5.74) is 2.26. The van der Waals surface area contributed by atoms with Gasteiger partial charge >= 0.3 is 5.69 Å². The van der Waals surface area contributed by atoms with Crippen molar-refractivity contribution in [2.45, 2.75) is 13.0 Å². The summed E-state index contributed by atoms with van der Waals surface area (Å²) < 4.78 is 5.05. The molecule has 1 N–H and O–H groups in total. The number of rotatable bonds is 7. The molecule has 35 heavy (non-hydrogen) atoms. The molecular formula is C25H25N7O3. The molecule has 2 aromatic heterocycles. The van der Waals surface area contributed by atoms with Crippen molar-refractivity contribution >= 4 is 23.1 Å². The molecule has 1 saturated heterocycles. The van der Waals surface area contributed by atoms with Crippen LogP contribution < -0.4 is 10.2 Å². The van der Waals surface area contributed by atoms with Gasteiger partial charge in [-0.1, -0.05) is 65.8 Å². The number of anilines is 3. The van der Waals surface area contributed by atoms with Gasteiger partial charge in [0.25, 0.3) is 0 Å². The Balaban J connectivity index is 1.39. The van der Waals surface area contributed by atoms with Crippen LogP contribution in [0, 0.1) is 17.0 Å². The summed E-state index contributed by atoms with van der Waals surface area (Å²) in [5.74, 6) is 1.33. The smallest absolute Gasteiger partial charge is 0.353 e. The zero-order valence-corrected chi connectivity index (χ0v) is 19.2. The lowest BCUT2D eigenvalue weighted by Gasteiger charge is -2.40. The number of hydrogen-bond acceptors (Lipinski definition) is 9. The molecular weight excluding hydrogens is 446 g/mol. The van der Waals surface area contributed by atoms with Crippen molar-refractivity contribution in [2.75, 3.05) is 36.4 Å². The number of piperazine rings is 1. The number of nitrogens with zero attached hydrogens (tertiary/aromatic N) is 6. The van der Waals surface area contributed by atoms with Gasteiger partial charge in [-0.05, 0) is 18.1 Å². The third-order valence-electron chi connectivity index (χ3n) is 6.07. The molecule has 0 atom stereocenters. The highest BCUT2D eigenvalue weighted by Gasteiger charge is 2.32. The standard InChI is InChI=1S/C25H25N7O3/c1-18-16-21(29-35-18)28-24-23(32(33)34)25(27-17-26-24)31-14-12-30(13-15-31)22(19-8-4-2-5-9-19)20-10-6-3-7-11-20/h2-11,16-17,22H,12-15H2,1H3,(H,26,27,28,29). The van der Waals surface area contributed by atoms with Gasteiger partial charge in [0.2, 0.25) is 11.6 Å². The third kappa shape index (κ3) is 4.82. The monoisotopic (exact) mass is 471 g/mol. The van der Waals surface area contributed by atoms with Gasteiger partial charge in [-0.3, -0.25) is 15.0 Å². The first-order valence-electron chi connectivity index (χ1n) is 11.4. The predicted octanol–water partition coefficient (Wildman–Crippen LogP) is 4.34. The number of aryl methyl sites for hydroxylation is 1. The zero-order valence-electron chi connectivity index (χ0n) is 19.2. The first-order chi connectivity index (χ1) is 17.1. The first kappa shape index (κ1) is 22.5. The Hall–Kier alpha value is -4.31. The lowest BCUT2D eigenvalue weighted by atomic mass is 9.96. The van der Waals surface area contributed by atoms with Gasteiger partial charge in [-0.15, -0.1) is 0 Å². The molecule has 0 unspecified atom stereocenters. The Kier molecular flexibility index (Phi) is 6.36. The van der Waals surface area contributed by atoms with E-state index in [0.717, 1.165) is 13.1 Å². The van der Waals surface area contributed by atoms with Crippen LogP contribution in [0.2, 0.25) is 0 Å². The molecule has 1 aliphatic heterocycles. The van der Waals surface area contributed by atoms with Gasteiger partial charge in [0.1, 0.15) is 12.1 Å². The van der Waals surface area contributed by atoms with Gasteiger partial charge < -0.3 is 14.7 Å². The van der Waals surface area contributed by atoms with Gasteiger partial charge in [-0.2, -0.15) is 0 Å². The summed E-state index contributed by atoms with van der Waals surface area (Å²) in [6.45, 7) is 4.38. The molecule has 2 aromatic carbocycles. The predicted molar refractivity (Wildman–Crippen MR) is 132 cm³/mol. The maximum atomic E-state index is 12.0. The van der Waals surface area contributed by atoms with Gasteiger partial charge in [0, 0.05) is 32.2 Å². The quantitative estimate of drug-likeness (QED) is 0.311. The van der Waals surface area contributed by atoms with E-state index >= 15 is 0 Å². The molecule has 4 aromatic rings. The van der Waals surface area contributed by atoms with E-state index in [1.165, 1.54) is 17.5 Å². The average Bonchev–Trinajstić information content (AvgIpc) is 3.30. The highest BCUT2D eigenvalue weighted by Crippen LogP contribution is 2.35. The van der Waals surface area contributed by atoms with Crippen molar-refractivity contribution in [2.24, 2.45) is 0 Å². The fraction of sp³-hybridized carbons (Fsp3) is 0.240. The highest BCUT2D eigenvalue weighted by molar-refractivity contribution is 5.73. The Labute approximate surface area is 202 Å². The fourth-order valence-corrected chi connectivity index (χ4v) is 4.48. The van der Waals surface area contributed by atoms with E-state index in [1.807, 2.05) is 17.0 Å². The van der Waals surface area contributed by atoms with Crippen LogP contribution in [-0.2, 0) is 0 Å². The molecule has 3 heterocycles. The Morgan fingerprint density at radius 2 is 1.60 bits per heavy atom.